The van der Waals surface area contributed by atoms with Crippen LogP contribution in [-0.2, 0) is 23.4 Å². The molecule has 2 aromatic rings. The molecular formula is C15H15F3N4O. The summed E-state index contributed by atoms with van der Waals surface area (Å²) in [5.41, 5.74) is 5.08. The summed E-state index contributed by atoms with van der Waals surface area (Å²) in [5.74, 6) is -0.427. The molecule has 5 nitrogen and oxygen atoms in total. The molecule has 0 aliphatic heterocycles. The molecule has 23 heavy (non-hydrogen) atoms. The fourth-order valence-electron chi connectivity index (χ4n) is 2.96. The Morgan fingerprint density at radius 3 is 2.57 bits per heavy atom. The highest BCUT2D eigenvalue weighted by Crippen LogP contribution is 2.44. The van der Waals surface area contributed by atoms with Crippen molar-refractivity contribution in [2.24, 2.45) is 12.8 Å². The minimum Gasteiger partial charge on any atom is -0.369 e. The van der Waals surface area contributed by atoms with Crippen LogP contribution in [0.4, 0.5) is 13.2 Å². The van der Waals surface area contributed by atoms with Gasteiger partial charge < -0.3 is 5.73 Å². The average molecular weight is 324 g/mol. The van der Waals surface area contributed by atoms with Crippen LogP contribution >= 0.6 is 0 Å². The van der Waals surface area contributed by atoms with Gasteiger partial charge in [0.05, 0.1) is 16.8 Å². The summed E-state index contributed by atoms with van der Waals surface area (Å²) in [5, 5.41) is 4.25. The number of hydrogen-bond donors (Lipinski definition) is 1. The first-order valence-electron chi connectivity index (χ1n) is 7.12. The van der Waals surface area contributed by atoms with Crippen molar-refractivity contribution in [3.63, 3.8) is 0 Å². The van der Waals surface area contributed by atoms with Crippen LogP contribution in [0.5, 0.6) is 0 Å². The number of amides is 1. The van der Waals surface area contributed by atoms with Crippen molar-refractivity contribution >= 4 is 5.91 Å². The molecular weight excluding hydrogens is 309 g/mol. The van der Waals surface area contributed by atoms with Gasteiger partial charge in [0.1, 0.15) is 5.69 Å². The molecule has 1 fully saturated rings. The largest absolute Gasteiger partial charge is 0.433 e. The highest BCUT2D eigenvalue weighted by molar-refractivity contribution is 5.87. The molecule has 0 bridgehead atoms. The Morgan fingerprint density at radius 2 is 2.04 bits per heavy atom. The number of primary amides is 1. The molecule has 1 aliphatic carbocycles. The third-order valence-corrected chi connectivity index (χ3v) is 4.40. The Balaban J connectivity index is 2.04. The van der Waals surface area contributed by atoms with Crippen LogP contribution in [0, 0.1) is 0 Å². The molecule has 3 rings (SSSR count). The van der Waals surface area contributed by atoms with Gasteiger partial charge >= 0.3 is 6.18 Å². The third-order valence-electron chi connectivity index (χ3n) is 4.40. The highest BCUT2D eigenvalue weighted by Gasteiger charge is 2.46. The first-order chi connectivity index (χ1) is 10.7. The van der Waals surface area contributed by atoms with E-state index in [0.717, 1.165) is 18.7 Å². The molecule has 2 aromatic heterocycles. The summed E-state index contributed by atoms with van der Waals surface area (Å²) in [6.07, 6.45) is -1.27. The zero-order chi connectivity index (χ0) is 16.8. The van der Waals surface area contributed by atoms with E-state index < -0.39 is 23.2 Å². The summed E-state index contributed by atoms with van der Waals surface area (Å²) in [6, 6.07) is 4.04. The van der Waals surface area contributed by atoms with Gasteiger partial charge in [0.2, 0.25) is 5.91 Å². The number of alkyl halides is 3. The summed E-state index contributed by atoms with van der Waals surface area (Å²) >= 11 is 0. The lowest BCUT2D eigenvalue weighted by Crippen LogP contribution is -2.47. The predicted molar refractivity (Wildman–Crippen MR) is 76.2 cm³/mol. The van der Waals surface area contributed by atoms with Gasteiger partial charge in [-0.2, -0.15) is 18.3 Å². The van der Waals surface area contributed by atoms with Gasteiger partial charge in [-0.05, 0) is 31.0 Å². The Morgan fingerprint density at radius 1 is 1.35 bits per heavy atom. The van der Waals surface area contributed by atoms with E-state index in [1.54, 1.807) is 13.1 Å². The summed E-state index contributed by atoms with van der Waals surface area (Å²) < 4.78 is 39.9. The van der Waals surface area contributed by atoms with E-state index in [-0.39, 0.29) is 0 Å². The maximum atomic E-state index is 12.8. The number of nitrogens with two attached hydrogens (primary N) is 1. The number of aromatic nitrogens is 3. The molecule has 2 heterocycles. The lowest BCUT2D eigenvalue weighted by atomic mass is 9.66. The number of hydrogen-bond acceptors (Lipinski definition) is 3. The molecule has 2 N–H and O–H groups in total. The zero-order valence-corrected chi connectivity index (χ0v) is 12.4. The van der Waals surface area contributed by atoms with E-state index in [1.165, 1.54) is 10.7 Å². The number of carbonyl (C=O) groups excluding carboxylic acids is 1. The van der Waals surface area contributed by atoms with E-state index in [1.807, 2.05) is 0 Å². The number of aryl methyl sites for hydroxylation is 1. The molecule has 0 radical (unpaired) electrons. The van der Waals surface area contributed by atoms with Crippen LogP contribution < -0.4 is 5.73 Å². The fourth-order valence-corrected chi connectivity index (χ4v) is 2.96. The Bertz CT molecular complexity index is 762. The van der Waals surface area contributed by atoms with Crippen LogP contribution in [0.2, 0.25) is 0 Å². The summed E-state index contributed by atoms with van der Waals surface area (Å²) in [4.78, 5) is 15.1. The first kappa shape index (κ1) is 15.5. The van der Waals surface area contributed by atoms with Crippen LogP contribution in [0.3, 0.4) is 0 Å². The van der Waals surface area contributed by atoms with Crippen LogP contribution in [0.25, 0.3) is 11.3 Å². The lowest BCUT2D eigenvalue weighted by Gasteiger charge is -2.38. The van der Waals surface area contributed by atoms with E-state index >= 15 is 0 Å². The average Bonchev–Trinajstić information content (AvgIpc) is 2.79. The van der Waals surface area contributed by atoms with Gasteiger partial charge in [-0.1, -0.05) is 6.42 Å². The quantitative estimate of drug-likeness (QED) is 0.942. The number of nitrogens with zero attached hydrogens (tertiary/aromatic N) is 3. The van der Waals surface area contributed by atoms with E-state index in [4.69, 9.17) is 5.73 Å². The number of rotatable bonds is 3. The normalized spacial score (nSPS) is 16.9. The fraction of sp³-hybridized carbons (Fsp3) is 0.400. The topological polar surface area (TPSA) is 73.8 Å². The van der Waals surface area contributed by atoms with Crippen LogP contribution in [0.1, 0.15) is 30.7 Å². The maximum Gasteiger partial charge on any atom is 0.433 e. The van der Waals surface area contributed by atoms with Crippen molar-refractivity contribution in [3.05, 3.63) is 35.8 Å². The molecule has 1 amide bonds. The monoisotopic (exact) mass is 324 g/mol. The van der Waals surface area contributed by atoms with E-state index in [2.05, 4.69) is 10.1 Å². The van der Waals surface area contributed by atoms with Gasteiger partial charge in [-0.15, -0.1) is 0 Å². The Hall–Kier alpha value is -2.38. The minimum absolute atomic E-state index is 0.299. The van der Waals surface area contributed by atoms with Crippen molar-refractivity contribution < 1.29 is 18.0 Å². The second-order valence-corrected chi connectivity index (χ2v) is 5.77. The Kier molecular flexibility index (Phi) is 3.42. The molecule has 0 aromatic carbocycles. The zero-order valence-electron chi connectivity index (χ0n) is 12.4. The molecule has 0 unspecified atom stereocenters. The second-order valence-electron chi connectivity index (χ2n) is 5.77. The van der Waals surface area contributed by atoms with Crippen molar-refractivity contribution in [1.82, 2.24) is 14.8 Å². The van der Waals surface area contributed by atoms with Crippen molar-refractivity contribution in [1.29, 1.82) is 0 Å². The van der Waals surface area contributed by atoms with Gasteiger partial charge in [0, 0.05) is 18.8 Å². The Labute approximate surface area is 130 Å². The highest BCUT2D eigenvalue weighted by atomic mass is 19.4. The smallest absolute Gasteiger partial charge is 0.369 e. The standard InChI is InChI=1S/C15H15F3N4O/c1-22-12(14(13(19)23)4-2-5-14)8-10(21-22)9-3-6-20-11(7-9)15(16,17)18/h3,6-8H,2,4-5H2,1H3,(H2,19,23). The lowest BCUT2D eigenvalue weighted by molar-refractivity contribution is -0.141. The molecule has 0 atom stereocenters. The molecule has 8 heteroatoms. The van der Waals surface area contributed by atoms with Crippen molar-refractivity contribution in [3.8, 4) is 11.3 Å². The number of halogens is 3. The van der Waals surface area contributed by atoms with Crippen molar-refractivity contribution in [2.45, 2.75) is 30.9 Å². The molecule has 0 saturated heterocycles. The molecule has 0 spiro atoms. The summed E-state index contributed by atoms with van der Waals surface area (Å²) in [7, 11) is 1.66. The minimum atomic E-state index is -4.52. The predicted octanol–water partition coefficient (Wildman–Crippen LogP) is 2.41. The number of pyridine rings is 1. The molecule has 1 saturated carbocycles. The maximum absolute atomic E-state index is 12.8. The van der Waals surface area contributed by atoms with E-state index in [0.29, 0.717) is 29.8 Å². The first-order valence-corrected chi connectivity index (χ1v) is 7.12. The van der Waals surface area contributed by atoms with Gasteiger partial charge in [-0.3, -0.25) is 14.5 Å². The van der Waals surface area contributed by atoms with Gasteiger partial charge in [0.25, 0.3) is 0 Å². The second kappa shape index (κ2) is 5.07. The SMILES string of the molecule is Cn1nc(-c2ccnc(C(F)(F)F)c2)cc1C1(C(N)=O)CCC1. The number of carbonyl (C=O) groups is 1. The van der Waals surface area contributed by atoms with Crippen molar-refractivity contribution in [2.75, 3.05) is 0 Å². The molecule has 1 aliphatic rings. The molecule has 122 valence electrons. The third kappa shape index (κ3) is 2.47. The van der Waals surface area contributed by atoms with Gasteiger partial charge in [0.15, 0.2) is 0 Å². The van der Waals surface area contributed by atoms with Crippen LogP contribution in [0.15, 0.2) is 24.4 Å². The van der Waals surface area contributed by atoms with E-state index in [9.17, 15) is 18.0 Å². The van der Waals surface area contributed by atoms with Crippen LogP contribution in [-0.4, -0.2) is 20.7 Å². The summed E-state index contributed by atoms with van der Waals surface area (Å²) in [6.45, 7) is 0. The van der Waals surface area contributed by atoms with Gasteiger partial charge in [-0.25, -0.2) is 0 Å².